The summed E-state index contributed by atoms with van der Waals surface area (Å²) in [6.07, 6.45) is 0.547. The third-order valence-electron chi connectivity index (χ3n) is 4.73. The van der Waals surface area contributed by atoms with E-state index in [1.807, 2.05) is 13.8 Å². The van der Waals surface area contributed by atoms with E-state index in [0.29, 0.717) is 6.42 Å². The highest BCUT2D eigenvalue weighted by atomic mass is 19.1. The quantitative estimate of drug-likeness (QED) is 0.874. The molecule has 2 aliphatic heterocycles. The molecular formula is C18H21F2N3O3. The van der Waals surface area contributed by atoms with Gasteiger partial charge in [0.15, 0.2) is 0 Å². The van der Waals surface area contributed by atoms with E-state index in [9.17, 15) is 23.2 Å². The maximum atomic E-state index is 13.9. The second-order valence-electron chi connectivity index (χ2n) is 7.11. The third kappa shape index (κ3) is 3.40. The lowest BCUT2D eigenvalue weighted by molar-refractivity contribution is -0.152. The molecule has 2 fully saturated rings. The molecule has 140 valence electrons. The van der Waals surface area contributed by atoms with E-state index in [-0.39, 0.29) is 42.9 Å². The maximum Gasteiger partial charge on any atom is 0.257 e. The molecule has 8 heteroatoms. The average Bonchev–Trinajstić information content (AvgIpc) is 2.60. The second-order valence-corrected chi connectivity index (χ2v) is 7.11. The van der Waals surface area contributed by atoms with Gasteiger partial charge in [-0.3, -0.25) is 14.4 Å². The van der Waals surface area contributed by atoms with Crippen molar-refractivity contribution in [3.63, 3.8) is 0 Å². The van der Waals surface area contributed by atoms with Crippen molar-refractivity contribution in [1.29, 1.82) is 0 Å². The fourth-order valence-corrected chi connectivity index (χ4v) is 3.45. The Labute approximate surface area is 150 Å². The van der Waals surface area contributed by atoms with Crippen LogP contribution in [0.2, 0.25) is 0 Å². The van der Waals surface area contributed by atoms with Crippen LogP contribution in [0.1, 0.15) is 30.6 Å². The molecule has 0 aromatic heterocycles. The summed E-state index contributed by atoms with van der Waals surface area (Å²) in [7, 11) is 0. The summed E-state index contributed by atoms with van der Waals surface area (Å²) in [6, 6.07) is 1.31. The Bertz CT molecular complexity index is 753. The molecule has 3 rings (SSSR count). The first-order chi connectivity index (χ1) is 12.3. The molecule has 0 bridgehead atoms. The highest BCUT2D eigenvalue weighted by Gasteiger charge is 2.44. The highest BCUT2D eigenvalue weighted by molar-refractivity contribution is 5.99. The third-order valence-corrected chi connectivity index (χ3v) is 4.73. The van der Waals surface area contributed by atoms with Crippen molar-refractivity contribution in [3.05, 3.63) is 35.4 Å². The minimum Gasteiger partial charge on any atom is -0.342 e. The molecule has 0 aliphatic carbocycles. The van der Waals surface area contributed by atoms with Crippen molar-refractivity contribution in [2.24, 2.45) is 5.92 Å². The van der Waals surface area contributed by atoms with Crippen LogP contribution in [-0.2, 0) is 9.59 Å². The second kappa shape index (κ2) is 7.01. The molecule has 26 heavy (non-hydrogen) atoms. The summed E-state index contributed by atoms with van der Waals surface area (Å²) < 4.78 is 27.2. The topological polar surface area (TPSA) is 69.7 Å². The van der Waals surface area contributed by atoms with Crippen LogP contribution in [0, 0.1) is 17.6 Å². The molecule has 0 spiro atoms. The van der Waals surface area contributed by atoms with Gasteiger partial charge in [0.25, 0.3) is 5.91 Å². The first-order valence-corrected chi connectivity index (χ1v) is 8.63. The largest absolute Gasteiger partial charge is 0.342 e. The number of carbonyl (C=O) groups excluding carboxylic acids is 3. The standard InChI is InChI=1S/C18H21F2N3O3/c1-10(2)7-14-18(26)23-6-5-22(9-15(23)16(24)21-14)17(25)12-8-11(19)3-4-13(12)20/h3-4,8,10,14-15H,5-7,9H2,1-2H3,(H,21,24)/t14-,15+/m0/s1. The van der Waals surface area contributed by atoms with Gasteiger partial charge >= 0.3 is 0 Å². The number of amides is 3. The average molecular weight is 365 g/mol. The molecule has 0 saturated carbocycles. The first-order valence-electron chi connectivity index (χ1n) is 8.63. The smallest absolute Gasteiger partial charge is 0.257 e. The van der Waals surface area contributed by atoms with Crippen LogP contribution in [0.5, 0.6) is 0 Å². The lowest BCUT2D eigenvalue weighted by atomic mass is 9.97. The van der Waals surface area contributed by atoms with Crippen LogP contribution in [-0.4, -0.2) is 59.2 Å². The zero-order chi connectivity index (χ0) is 19.0. The van der Waals surface area contributed by atoms with E-state index < -0.39 is 29.6 Å². The van der Waals surface area contributed by atoms with Crippen LogP contribution >= 0.6 is 0 Å². The molecule has 2 atom stereocenters. The first kappa shape index (κ1) is 18.3. The van der Waals surface area contributed by atoms with Gasteiger partial charge in [0, 0.05) is 13.1 Å². The minimum atomic E-state index is -0.819. The van der Waals surface area contributed by atoms with Crippen molar-refractivity contribution in [2.45, 2.75) is 32.4 Å². The zero-order valence-electron chi connectivity index (χ0n) is 14.7. The molecule has 1 aromatic carbocycles. The zero-order valence-corrected chi connectivity index (χ0v) is 14.7. The molecule has 0 radical (unpaired) electrons. The van der Waals surface area contributed by atoms with Gasteiger partial charge < -0.3 is 15.1 Å². The van der Waals surface area contributed by atoms with E-state index in [1.54, 1.807) is 0 Å². The number of fused-ring (bicyclic) bond motifs is 1. The minimum absolute atomic E-state index is 0.0409. The molecule has 0 unspecified atom stereocenters. The number of nitrogens with zero attached hydrogens (tertiary/aromatic N) is 2. The molecule has 1 aromatic rings. The lowest BCUT2D eigenvalue weighted by Gasteiger charge is -2.45. The van der Waals surface area contributed by atoms with Crippen molar-refractivity contribution < 1.29 is 23.2 Å². The van der Waals surface area contributed by atoms with Gasteiger partial charge in [0.2, 0.25) is 11.8 Å². The van der Waals surface area contributed by atoms with E-state index >= 15 is 0 Å². The summed E-state index contributed by atoms with van der Waals surface area (Å²) in [6.45, 7) is 4.25. The maximum absolute atomic E-state index is 13.9. The van der Waals surface area contributed by atoms with Crippen LogP contribution in [0.25, 0.3) is 0 Å². The van der Waals surface area contributed by atoms with Crippen molar-refractivity contribution in [1.82, 2.24) is 15.1 Å². The Morgan fingerprint density at radius 2 is 2.00 bits per heavy atom. The fraction of sp³-hybridized carbons (Fsp3) is 0.500. The number of hydrogen-bond donors (Lipinski definition) is 1. The Balaban J connectivity index is 1.76. The van der Waals surface area contributed by atoms with Gasteiger partial charge in [0.05, 0.1) is 12.1 Å². The Kier molecular flexibility index (Phi) is 4.93. The summed E-state index contributed by atoms with van der Waals surface area (Å²) in [5, 5.41) is 2.71. The number of halogens is 2. The van der Waals surface area contributed by atoms with E-state index in [2.05, 4.69) is 5.32 Å². The van der Waals surface area contributed by atoms with Gasteiger partial charge in [-0.15, -0.1) is 0 Å². The molecule has 6 nitrogen and oxygen atoms in total. The van der Waals surface area contributed by atoms with Crippen LogP contribution in [0.15, 0.2) is 18.2 Å². The van der Waals surface area contributed by atoms with Gasteiger partial charge in [-0.25, -0.2) is 8.78 Å². The summed E-state index contributed by atoms with van der Waals surface area (Å²) in [4.78, 5) is 40.3. The Hall–Kier alpha value is -2.51. The van der Waals surface area contributed by atoms with E-state index in [1.165, 1.54) is 9.80 Å². The van der Waals surface area contributed by atoms with Crippen molar-refractivity contribution in [3.8, 4) is 0 Å². The number of nitrogens with one attached hydrogen (secondary N) is 1. The highest BCUT2D eigenvalue weighted by Crippen LogP contribution is 2.21. The Morgan fingerprint density at radius 1 is 1.27 bits per heavy atom. The summed E-state index contributed by atoms with van der Waals surface area (Å²) in [5.41, 5.74) is -0.376. The van der Waals surface area contributed by atoms with Crippen molar-refractivity contribution >= 4 is 17.7 Å². The van der Waals surface area contributed by atoms with Gasteiger partial charge in [-0.1, -0.05) is 13.8 Å². The fourth-order valence-electron chi connectivity index (χ4n) is 3.45. The monoisotopic (exact) mass is 365 g/mol. The molecular weight excluding hydrogens is 344 g/mol. The number of benzene rings is 1. The van der Waals surface area contributed by atoms with Gasteiger partial charge in [-0.2, -0.15) is 0 Å². The summed E-state index contributed by atoms with van der Waals surface area (Å²) in [5.74, 6) is -2.46. The van der Waals surface area contributed by atoms with Crippen LogP contribution in [0.4, 0.5) is 8.78 Å². The van der Waals surface area contributed by atoms with Gasteiger partial charge in [-0.05, 0) is 30.5 Å². The number of carbonyl (C=O) groups is 3. The number of rotatable bonds is 3. The number of hydrogen-bond acceptors (Lipinski definition) is 3. The normalized spacial score (nSPS) is 23.1. The lowest BCUT2D eigenvalue weighted by Crippen LogP contribution is -2.69. The van der Waals surface area contributed by atoms with E-state index in [0.717, 1.165) is 18.2 Å². The molecule has 3 amide bonds. The molecule has 1 N–H and O–H groups in total. The van der Waals surface area contributed by atoms with Crippen LogP contribution < -0.4 is 5.32 Å². The number of piperazine rings is 2. The molecule has 2 saturated heterocycles. The Morgan fingerprint density at radius 3 is 2.69 bits per heavy atom. The molecule has 2 heterocycles. The predicted octanol–water partition coefficient (Wildman–Crippen LogP) is 1.16. The summed E-state index contributed by atoms with van der Waals surface area (Å²) >= 11 is 0. The molecule has 2 aliphatic rings. The van der Waals surface area contributed by atoms with Crippen LogP contribution in [0.3, 0.4) is 0 Å². The predicted molar refractivity (Wildman–Crippen MR) is 89.1 cm³/mol. The SMILES string of the molecule is CC(C)C[C@@H]1NC(=O)[C@H]2CN(C(=O)c3cc(F)ccc3F)CCN2C1=O. The van der Waals surface area contributed by atoms with E-state index in [4.69, 9.17) is 0 Å². The van der Waals surface area contributed by atoms with Crippen molar-refractivity contribution in [2.75, 3.05) is 19.6 Å². The van der Waals surface area contributed by atoms with Gasteiger partial charge in [0.1, 0.15) is 23.7 Å².